The molecule has 0 spiro atoms. The molecule has 4 heterocycles. The Hall–Kier alpha value is -3.00. The SMILES string of the molecule is C=C(C)N1CCCC(F)(F)C1.CC(S)(S)Cc1nc(N)nn2cc(F)c(-c3ccc4nnn(CCF)c4c3)c12. The monoisotopic (exact) mass is 582 g/mol. The lowest BCUT2D eigenvalue weighted by molar-refractivity contribution is -0.0548. The average molecular weight is 583 g/mol. The molecule has 0 aliphatic carbocycles. The molecule has 1 aliphatic rings. The van der Waals surface area contributed by atoms with E-state index < -0.39 is 22.5 Å². The number of hydrogen-bond donors (Lipinski definition) is 3. The maximum absolute atomic E-state index is 14.9. The number of aryl methyl sites for hydroxylation is 1. The maximum Gasteiger partial charge on any atom is 0.265 e. The van der Waals surface area contributed by atoms with Crippen molar-refractivity contribution in [1.82, 2.24) is 34.5 Å². The van der Waals surface area contributed by atoms with Crippen LogP contribution in [0.4, 0.5) is 23.5 Å². The molecular weight excluding hydrogens is 552 g/mol. The standard InChI is InChI=1S/C17H17F2N7S2.C8H13F2N/c1-17(27,28)7-12-15-14(10(19)8-26(15)23-16(20)21-12)9-2-3-11-13(6-9)25(5-4-18)24-22-11;1-7(2)11-5-3-4-8(9,10)6-11/h2-3,6,8,27-28H,4-5,7H2,1H3,(H2,20,23);1,3-6H2,2H3. The molecule has 1 aliphatic heterocycles. The summed E-state index contributed by atoms with van der Waals surface area (Å²) in [6, 6.07) is 5.18. The highest BCUT2D eigenvalue weighted by atomic mass is 32.2. The average Bonchev–Trinajstić information content (AvgIpc) is 3.37. The summed E-state index contributed by atoms with van der Waals surface area (Å²) in [6.45, 7) is 7.28. The van der Waals surface area contributed by atoms with Crippen LogP contribution in [-0.2, 0) is 13.0 Å². The van der Waals surface area contributed by atoms with Crippen molar-refractivity contribution in [3.05, 3.63) is 48.2 Å². The smallest absolute Gasteiger partial charge is 0.265 e. The normalized spacial score (nSPS) is 15.4. The summed E-state index contributed by atoms with van der Waals surface area (Å²) < 4.78 is 55.3. The van der Waals surface area contributed by atoms with E-state index >= 15 is 0 Å². The number of rotatable bonds is 6. The van der Waals surface area contributed by atoms with Gasteiger partial charge >= 0.3 is 0 Å². The van der Waals surface area contributed by atoms with Crippen molar-refractivity contribution in [2.75, 3.05) is 25.5 Å². The van der Waals surface area contributed by atoms with E-state index in [-0.39, 0.29) is 25.5 Å². The summed E-state index contributed by atoms with van der Waals surface area (Å²) in [6.07, 6.45) is 2.17. The van der Waals surface area contributed by atoms with Crippen LogP contribution < -0.4 is 5.73 Å². The van der Waals surface area contributed by atoms with Gasteiger partial charge in [-0.05, 0) is 38.0 Å². The van der Waals surface area contributed by atoms with E-state index in [2.05, 4.69) is 52.2 Å². The Labute approximate surface area is 234 Å². The number of thiol groups is 2. The second-order valence-corrected chi connectivity index (χ2v) is 12.1. The lowest BCUT2D eigenvalue weighted by Crippen LogP contribution is -2.41. The lowest BCUT2D eigenvalue weighted by atomic mass is 10.0. The van der Waals surface area contributed by atoms with Gasteiger partial charge in [-0.15, -0.1) is 10.2 Å². The van der Waals surface area contributed by atoms with Crippen molar-refractivity contribution in [2.45, 2.75) is 49.7 Å². The Morgan fingerprint density at radius 1 is 1.28 bits per heavy atom. The number of aromatic nitrogens is 6. The van der Waals surface area contributed by atoms with Gasteiger partial charge in [0.2, 0.25) is 5.95 Å². The van der Waals surface area contributed by atoms with Gasteiger partial charge in [-0.2, -0.15) is 25.3 Å². The zero-order valence-corrected chi connectivity index (χ0v) is 23.4. The Bertz CT molecular complexity index is 1500. The van der Waals surface area contributed by atoms with E-state index in [1.54, 1.807) is 36.9 Å². The molecule has 0 bridgehead atoms. The molecule has 5 rings (SSSR count). The molecular formula is C25H30F4N8S2. The van der Waals surface area contributed by atoms with Crippen LogP contribution in [0.15, 0.2) is 36.7 Å². The fraction of sp³-hybridized carbons (Fsp3) is 0.440. The van der Waals surface area contributed by atoms with Gasteiger partial charge in [-0.3, -0.25) is 0 Å². The molecule has 0 unspecified atom stereocenters. The molecule has 2 N–H and O–H groups in total. The first-order chi connectivity index (χ1) is 18.3. The molecule has 0 atom stereocenters. The van der Waals surface area contributed by atoms with Gasteiger partial charge in [0.1, 0.15) is 12.2 Å². The highest BCUT2D eigenvalue weighted by Crippen LogP contribution is 2.35. The van der Waals surface area contributed by atoms with Gasteiger partial charge in [0.05, 0.1) is 40.1 Å². The van der Waals surface area contributed by atoms with Crippen molar-refractivity contribution < 1.29 is 17.6 Å². The van der Waals surface area contributed by atoms with Crippen molar-refractivity contribution in [3.8, 4) is 11.1 Å². The van der Waals surface area contributed by atoms with Gasteiger partial charge in [0.25, 0.3) is 5.92 Å². The third-order valence-corrected chi connectivity index (χ3v) is 6.52. The van der Waals surface area contributed by atoms with E-state index in [0.29, 0.717) is 46.2 Å². The minimum absolute atomic E-state index is 0.0237. The number of fused-ring (bicyclic) bond motifs is 2. The number of hydrogen-bond acceptors (Lipinski definition) is 8. The molecule has 210 valence electrons. The van der Waals surface area contributed by atoms with Crippen molar-refractivity contribution >= 4 is 47.8 Å². The number of benzene rings is 1. The summed E-state index contributed by atoms with van der Waals surface area (Å²) in [5.74, 6) is -2.96. The van der Waals surface area contributed by atoms with Crippen molar-refractivity contribution in [1.29, 1.82) is 0 Å². The summed E-state index contributed by atoms with van der Waals surface area (Å²) in [5.41, 5.74) is 9.62. The lowest BCUT2D eigenvalue weighted by Gasteiger charge is -2.34. The molecule has 0 amide bonds. The highest BCUT2D eigenvalue weighted by Gasteiger charge is 2.34. The number of nitrogen functional groups attached to an aromatic ring is 1. The number of nitrogens with zero attached hydrogens (tertiary/aromatic N) is 7. The number of alkyl halides is 3. The zero-order valence-electron chi connectivity index (χ0n) is 21.6. The van der Waals surface area contributed by atoms with Crippen LogP contribution in [0.25, 0.3) is 27.7 Å². The number of halogens is 4. The molecule has 8 nitrogen and oxygen atoms in total. The number of anilines is 1. The number of nitrogens with two attached hydrogens (primary N) is 1. The van der Waals surface area contributed by atoms with Crippen LogP contribution in [0.3, 0.4) is 0 Å². The molecule has 1 fully saturated rings. The maximum atomic E-state index is 14.9. The predicted octanol–water partition coefficient (Wildman–Crippen LogP) is 5.20. The van der Waals surface area contributed by atoms with Crippen LogP contribution in [0.2, 0.25) is 0 Å². The zero-order chi connectivity index (χ0) is 28.5. The summed E-state index contributed by atoms with van der Waals surface area (Å²) in [5, 5.41) is 12.0. The molecule has 1 saturated heterocycles. The van der Waals surface area contributed by atoms with Gasteiger partial charge in [0, 0.05) is 30.6 Å². The molecule has 14 heteroatoms. The Morgan fingerprint density at radius 2 is 2.03 bits per heavy atom. The fourth-order valence-electron chi connectivity index (χ4n) is 4.52. The summed E-state index contributed by atoms with van der Waals surface area (Å²) >= 11 is 8.87. The van der Waals surface area contributed by atoms with Crippen LogP contribution in [0.5, 0.6) is 0 Å². The molecule has 0 saturated carbocycles. The number of allylic oxidation sites excluding steroid dienone is 1. The van der Waals surface area contributed by atoms with Crippen LogP contribution in [0.1, 0.15) is 32.4 Å². The van der Waals surface area contributed by atoms with Gasteiger partial charge in [-0.25, -0.2) is 31.7 Å². The van der Waals surface area contributed by atoms with E-state index in [0.717, 1.165) is 12.2 Å². The Kier molecular flexibility index (Phi) is 8.36. The Balaban J connectivity index is 0.000000270. The first kappa shape index (κ1) is 29.0. The van der Waals surface area contributed by atoms with Crippen molar-refractivity contribution in [3.63, 3.8) is 0 Å². The highest BCUT2D eigenvalue weighted by molar-refractivity contribution is 8.00. The van der Waals surface area contributed by atoms with E-state index in [1.165, 1.54) is 15.4 Å². The summed E-state index contributed by atoms with van der Waals surface area (Å²) in [7, 11) is 0. The van der Waals surface area contributed by atoms with Crippen LogP contribution >= 0.6 is 25.3 Å². The molecule has 3 aromatic heterocycles. The van der Waals surface area contributed by atoms with E-state index in [9.17, 15) is 17.6 Å². The van der Waals surface area contributed by atoms with Crippen LogP contribution in [0, 0.1) is 5.82 Å². The number of likely N-dealkylation sites (tertiary alicyclic amines) is 1. The molecule has 39 heavy (non-hydrogen) atoms. The minimum Gasteiger partial charge on any atom is -0.370 e. The molecule has 4 aromatic rings. The number of piperidine rings is 1. The molecule has 1 aromatic carbocycles. The van der Waals surface area contributed by atoms with Gasteiger partial charge in [-0.1, -0.05) is 17.9 Å². The first-order valence-electron chi connectivity index (χ1n) is 12.2. The minimum atomic E-state index is -2.50. The third kappa shape index (κ3) is 6.78. The Morgan fingerprint density at radius 3 is 2.64 bits per heavy atom. The fourth-order valence-corrected chi connectivity index (χ4v) is 4.82. The van der Waals surface area contributed by atoms with Crippen LogP contribution in [-0.4, -0.2) is 64.3 Å². The third-order valence-electron chi connectivity index (χ3n) is 6.21. The molecule has 0 radical (unpaired) electrons. The van der Waals surface area contributed by atoms with Gasteiger partial charge < -0.3 is 10.6 Å². The topological polar surface area (TPSA) is 90.2 Å². The quantitative estimate of drug-likeness (QED) is 0.165. The summed E-state index contributed by atoms with van der Waals surface area (Å²) in [4.78, 5) is 5.93. The second kappa shape index (κ2) is 11.2. The van der Waals surface area contributed by atoms with E-state index in [4.69, 9.17) is 5.73 Å². The van der Waals surface area contributed by atoms with Crippen molar-refractivity contribution in [2.24, 2.45) is 0 Å². The van der Waals surface area contributed by atoms with Gasteiger partial charge in [0.15, 0.2) is 5.82 Å². The largest absolute Gasteiger partial charge is 0.370 e. The first-order valence-corrected chi connectivity index (χ1v) is 13.1. The predicted molar refractivity (Wildman–Crippen MR) is 151 cm³/mol. The van der Waals surface area contributed by atoms with E-state index in [1.807, 2.05) is 0 Å². The second-order valence-electron chi connectivity index (χ2n) is 9.78.